The molecule has 4 nitrogen and oxygen atoms in total. The van der Waals surface area contributed by atoms with E-state index in [1.807, 2.05) is 6.07 Å². The van der Waals surface area contributed by atoms with Crippen LogP contribution in [0.2, 0.25) is 0 Å². The Hall–Kier alpha value is -1.39. The van der Waals surface area contributed by atoms with E-state index in [1.165, 1.54) is 11.1 Å². The number of likely N-dealkylation sites (tertiary alicyclic amines) is 1. The molecule has 0 aromatic heterocycles. The Morgan fingerprint density at radius 3 is 2.53 bits per heavy atom. The number of piperidine rings is 1. The number of hydrogen-bond acceptors (Lipinski definition) is 3. The lowest BCUT2D eigenvalue weighted by Gasteiger charge is -2.31. The van der Waals surface area contributed by atoms with Crippen LogP contribution in [0, 0.1) is 5.92 Å². The zero-order chi connectivity index (χ0) is 13.7. The van der Waals surface area contributed by atoms with Gasteiger partial charge in [-0.2, -0.15) is 0 Å². The van der Waals surface area contributed by atoms with Crippen molar-refractivity contribution < 1.29 is 4.79 Å². The second kappa shape index (κ2) is 6.68. The maximum atomic E-state index is 11.6. The normalized spacial score (nSPS) is 17.4. The molecule has 1 aromatic carbocycles. The van der Waals surface area contributed by atoms with Crippen LogP contribution in [0.5, 0.6) is 0 Å². The van der Waals surface area contributed by atoms with Crippen LogP contribution in [0.25, 0.3) is 0 Å². The van der Waals surface area contributed by atoms with Crippen molar-refractivity contribution in [1.82, 2.24) is 10.2 Å². The molecule has 0 saturated carbocycles. The van der Waals surface area contributed by atoms with Gasteiger partial charge >= 0.3 is 0 Å². The molecule has 1 aliphatic rings. The maximum absolute atomic E-state index is 11.6. The smallest absolute Gasteiger partial charge is 0.222 e. The first kappa shape index (κ1) is 14.0. The fourth-order valence-corrected chi connectivity index (χ4v) is 2.71. The van der Waals surface area contributed by atoms with Crippen LogP contribution < -0.4 is 11.1 Å². The Morgan fingerprint density at radius 2 is 1.95 bits per heavy atom. The summed E-state index contributed by atoms with van der Waals surface area (Å²) in [5.41, 5.74) is 8.29. The van der Waals surface area contributed by atoms with Gasteiger partial charge in [-0.3, -0.25) is 9.69 Å². The van der Waals surface area contributed by atoms with Gasteiger partial charge in [0, 0.05) is 26.1 Å². The van der Waals surface area contributed by atoms with Crippen molar-refractivity contribution in [2.75, 3.05) is 20.1 Å². The first-order valence-electron chi connectivity index (χ1n) is 6.95. The summed E-state index contributed by atoms with van der Waals surface area (Å²) < 4.78 is 0. The molecule has 1 amide bonds. The number of rotatable bonds is 4. The SMILES string of the molecule is CNC(=O)C1CCN(Cc2ccccc2CN)CC1. The van der Waals surface area contributed by atoms with Crippen LogP contribution >= 0.6 is 0 Å². The maximum Gasteiger partial charge on any atom is 0.222 e. The third-order valence-corrected chi connectivity index (χ3v) is 3.94. The predicted octanol–water partition coefficient (Wildman–Crippen LogP) is 1.10. The molecule has 19 heavy (non-hydrogen) atoms. The third kappa shape index (κ3) is 3.55. The van der Waals surface area contributed by atoms with Crippen molar-refractivity contribution in [2.24, 2.45) is 11.7 Å². The number of nitrogens with two attached hydrogens (primary N) is 1. The Labute approximate surface area is 115 Å². The van der Waals surface area contributed by atoms with E-state index in [1.54, 1.807) is 7.05 Å². The lowest BCUT2D eigenvalue weighted by Crippen LogP contribution is -2.39. The highest BCUT2D eigenvalue weighted by molar-refractivity contribution is 5.78. The molecule has 1 fully saturated rings. The lowest BCUT2D eigenvalue weighted by molar-refractivity contribution is -0.125. The fraction of sp³-hybridized carbons (Fsp3) is 0.533. The highest BCUT2D eigenvalue weighted by atomic mass is 16.1. The van der Waals surface area contributed by atoms with Crippen molar-refractivity contribution in [1.29, 1.82) is 0 Å². The second-order valence-corrected chi connectivity index (χ2v) is 5.14. The van der Waals surface area contributed by atoms with E-state index < -0.39 is 0 Å². The molecule has 104 valence electrons. The van der Waals surface area contributed by atoms with Gasteiger partial charge in [0.25, 0.3) is 0 Å². The van der Waals surface area contributed by atoms with Crippen LogP contribution in [0.15, 0.2) is 24.3 Å². The zero-order valence-electron chi connectivity index (χ0n) is 11.6. The number of benzene rings is 1. The molecular formula is C15H23N3O. The van der Waals surface area contributed by atoms with Crippen LogP contribution in [0.1, 0.15) is 24.0 Å². The molecule has 3 N–H and O–H groups in total. The molecule has 1 saturated heterocycles. The number of amides is 1. The van der Waals surface area contributed by atoms with Crippen LogP contribution in [0.3, 0.4) is 0 Å². The Morgan fingerprint density at radius 1 is 1.32 bits per heavy atom. The molecule has 0 unspecified atom stereocenters. The van der Waals surface area contributed by atoms with Gasteiger partial charge < -0.3 is 11.1 Å². The lowest BCUT2D eigenvalue weighted by atomic mass is 9.95. The summed E-state index contributed by atoms with van der Waals surface area (Å²) in [4.78, 5) is 14.0. The molecule has 4 heteroatoms. The molecule has 0 bridgehead atoms. The Kier molecular flexibility index (Phi) is 4.93. The van der Waals surface area contributed by atoms with E-state index >= 15 is 0 Å². The summed E-state index contributed by atoms with van der Waals surface area (Å²) in [6, 6.07) is 8.33. The van der Waals surface area contributed by atoms with Gasteiger partial charge in [0.15, 0.2) is 0 Å². The van der Waals surface area contributed by atoms with Gasteiger partial charge in [-0.25, -0.2) is 0 Å². The van der Waals surface area contributed by atoms with Crippen LogP contribution in [-0.2, 0) is 17.9 Å². The summed E-state index contributed by atoms with van der Waals surface area (Å²) >= 11 is 0. The van der Waals surface area contributed by atoms with Crippen LogP contribution in [0.4, 0.5) is 0 Å². The van der Waals surface area contributed by atoms with E-state index in [2.05, 4.69) is 28.4 Å². The number of hydrogen-bond donors (Lipinski definition) is 2. The Bertz CT molecular complexity index is 425. The summed E-state index contributed by atoms with van der Waals surface area (Å²) in [5.74, 6) is 0.369. The summed E-state index contributed by atoms with van der Waals surface area (Å²) in [6.07, 6.45) is 1.90. The second-order valence-electron chi connectivity index (χ2n) is 5.14. The zero-order valence-corrected chi connectivity index (χ0v) is 11.6. The van der Waals surface area contributed by atoms with Gasteiger partial charge in [-0.15, -0.1) is 0 Å². The standard InChI is InChI=1S/C15H23N3O/c1-17-15(19)12-6-8-18(9-7-12)11-14-5-3-2-4-13(14)10-16/h2-5,12H,6-11,16H2,1H3,(H,17,19). The van der Waals surface area contributed by atoms with E-state index in [4.69, 9.17) is 5.73 Å². The number of nitrogens with one attached hydrogen (secondary N) is 1. The first-order valence-corrected chi connectivity index (χ1v) is 6.95. The molecule has 1 aliphatic heterocycles. The average molecular weight is 261 g/mol. The van der Waals surface area contributed by atoms with Crippen molar-refractivity contribution >= 4 is 5.91 Å². The van der Waals surface area contributed by atoms with Gasteiger partial charge in [0.1, 0.15) is 0 Å². The van der Waals surface area contributed by atoms with Gasteiger partial charge in [0.2, 0.25) is 5.91 Å². The van der Waals surface area contributed by atoms with Crippen molar-refractivity contribution in [2.45, 2.75) is 25.9 Å². The minimum Gasteiger partial charge on any atom is -0.359 e. The van der Waals surface area contributed by atoms with Crippen LogP contribution in [-0.4, -0.2) is 30.9 Å². The van der Waals surface area contributed by atoms with E-state index in [0.717, 1.165) is 32.5 Å². The summed E-state index contributed by atoms with van der Waals surface area (Å²) in [7, 11) is 1.71. The summed E-state index contributed by atoms with van der Waals surface area (Å²) in [6.45, 7) is 3.49. The van der Waals surface area contributed by atoms with Crippen molar-refractivity contribution in [3.63, 3.8) is 0 Å². The van der Waals surface area contributed by atoms with Gasteiger partial charge in [-0.05, 0) is 37.1 Å². The monoisotopic (exact) mass is 261 g/mol. The van der Waals surface area contributed by atoms with E-state index in [9.17, 15) is 4.79 Å². The van der Waals surface area contributed by atoms with E-state index in [-0.39, 0.29) is 11.8 Å². The molecule has 0 spiro atoms. The minimum atomic E-state index is 0.182. The number of carbonyl (C=O) groups is 1. The molecular weight excluding hydrogens is 238 g/mol. The van der Waals surface area contributed by atoms with Crippen molar-refractivity contribution in [3.8, 4) is 0 Å². The molecule has 1 heterocycles. The van der Waals surface area contributed by atoms with E-state index in [0.29, 0.717) is 6.54 Å². The first-order chi connectivity index (χ1) is 9.24. The summed E-state index contributed by atoms with van der Waals surface area (Å²) in [5, 5.41) is 2.74. The Balaban J connectivity index is 1.90. The highest BCUT2D eigenvalue weighted by Gasteiger charge is 2.24. The minimum absolute atomic E-state index is 0.182. The van der Waals surface area contributed by atoms with Gasteiger partial charge in [-0.1, -0.05) is 24.3 Å². The number of nitrogens with zero attached hydrogens (tertiary/aromatic N) is 1. The molecule has 1 aromatic rings. The average Bonchev–Trinajstić information content (AvgIpc) is 2.48. The third-order valence-electron chi connectivity index (χ3n) is 3.94. The predicted molar refractivity (Wildman–Crippen MR) is 76.4 cm³/mol. The molecule has 0 atom stereocenters. The fourth-order valence-electron chi connectivity index (χ4n) is 2.71. The largest absolute Gasteiger partial charge is 0.359 e. The van der Waals surface area contributed by atoms with Crippen molar-refractivity contribution in [3.05, 3.63) is 35.4 Å². The molecule has 0 aliphatic carbocycles. The topological polar surface area (TPSA) is 58.4 Å². The van der Waals surface area contributed by atoms with Gasteiger partial charge in [0.05, 0.1) is 0 Å². The highest BCUT2D eigenvalue weighted by Crippen LogP contribution is 2.20. The quantitative estimate of drug-likeness (QED) is 0.853. The molecule has 0 radical (unpaired) electrons. The number of carbonyl (C=O) groups excluding carboxylic acids is 1. The molecule has 2 rings (SSSR count).